The third kappa shape index (κ3) is 2.28. The van der Waals surface area contributed by atoms with Gasteiger partial charge in [0.05, 0.1) is 0 Å². The van der Waals surface area contributed by atoms with Gasteiger partial charge in [0, 0.05) is 19.5 Å². The number of likely N-dealkylation sites (tertiary alicyclic amines) is 1. The number of piperidine rings is 1. The molecule has 1 aliphatic rings. The van der Waals surface area contributed by atoms with Gasteiger partial charge in [-0.25, -0.2) is 0 Å². The monoisotopic (exact) mass is 197 g/mol. The second-order valence-corrected chi connectivity index (χ2v) is 5.57. The van der Waals surface area contributed by atoms with Crippen LogP contribution in [0.15, 0.2) is 0 Å². The molecule has 0 radical (unpaired) electrons. The molecule has 1 heterocycles. The van der Waals surface area contributed by atoms with Crippen molar-refractivity contribution in [3.63, 3.8) is 0 Å². The molecule has 1 saturated heterocycles. The minimum atomic E-state index is 0.228. The highest BCUT2D eigenvalue weighted by atomic mass is 16.2. The molecule has 1 aliphatic heterocycles. The molecule has 14 heavy (non-hydrogen) atoms. The van der Waals surface area contributed by atoms with E-state index in [2.05, 4.69) is 27.7 Å². The lowest BCUT2D eigenvalue weighted by Gasteiger charge is -2.45. The molecule has 2 unspecified atom stereocenters. The first-order valence-electron chi connectivity index (χ1n) is 5.61. The SMILES string of the molecule is CC(=O)N1CCCC(C(C)(C)C)C1C. The van der Waals surface area contributed by atoms with E-state index in [-0.39, 0.29) is 5.91 Å². The van der Waals surface area contributed by atoms with Crippen molar-refractivity contribution in [1.29, 1.82) is 0 Å². The summed E-state index contributed by atoms with van der Waals surface area (Å²) in [5, 5.41) is 0. The average Bonchev–Trinajstić information content (AvgIpc) is 2.01. The fourth-order valence-electron chi connectivity index (χ4n) is 2.74. The Morgan fingerprint density at radius 3 is 2.36 bits per heavy atom. The molecule has 0 saturated carbocycles. The Bertz CT molecular complexity index is 217. The van der Waals surface area contributed by atoms with Crippen LogP contribution in [0.2, 0.25) is 0 Å². The summed E-state index contributed by atoms with van der Waals surface area (Å²) >= 11 is 0. The Labute approximate surface area is 87.7 Å². The summed E-state index contributed by atoms with van der Waals surface area (Å²) < 4.78 is 0. The Morgan fingerprint density at radius 2 is 1.93 bits per heavy atom. The third-order valence-electron chi connectivity index (χ3n) is 3.50. The van der Waals surface area contributed by atoms with Gasteiger partial charge in [-0.15, -0.1) is 0 Å². The van der Waals surface area contributed by atoms with Gasteiger partial charge in [0.15, 0.2) is 0 Å². The van der Waals surface area contributed by atoms with Crippen molar-refractivity contribution < 1.29 is 4.79 Å². The zero-order valence-electron chi connectivity index (χ0n) is 10.1. The number of carbonyl (C=O) groups is 1. The summed E-state index contributed by atoms with van der Waals surface area (Å²) in [7, 11) is 0. The number of carbonyl (C=O) groups excluding carboxylic acids is 1. The number of hydrogen-bond donors (Lipinski definition) is 0. The second-order valence-electron chi connectivity index (χ2n) is 5.57. The van der Waals surface area contributed by atoms with Crippen LogP contribution in [0.1, 0.15) is 47.5 Å². The standard InChI is InChI=1S/C12H23NO/c1-9-11(12(3,4)5)7-6-8-13(9)10(2)14/h9,11H,6-8H2,1-5H3. The molecule has 0 spiro atoms. The van der Waals surface area contributed by atoms with Crippen LogP contribution >= 0.6 is 0 Å². The Morgan fingerprint density at radius 1 is 1.36 bits per heavy atom. The second kappa shape index (κ2) is 3.92. The number of hydrogen-bond acceptors (Lipinski definition) is 1. The normalized spacial score (nSPS) is 29.1. The molecule has 2 heteroatoms. The maximum atomic E-state index is 11.4. The molecule has 0 aromatic carbocycles. The summed E-state index contributed by atoms with van der Waals surface area (Å²) in [5.74, 6) is 0.867. The number of rotatable bonds is 0. The van der Waals surface area contributed by atoms with Crippen LogP contribution in [-0.4, -0.2) is 23.4 Å². The fourth-order valence-corrected chi connectivity index (χ4v) is 2.74. The van der Waals surface area contributed by atoms with E-state index < -0.39 is 0 Å². The Hall–Kier alpha value is -0.530. The summed E-state index contributed by atoms with van der Waals surface area (Å²) in [4.78, 5) is 13.4. The maximum absolute atomic E-state index is 11.4. The smallest absolute Gasteiger partial charge is 0.219 e. The molecule has 1 rings (SSSR count). The largest absolute Gasteiger partial charge is 0.340 e. The summed E-state index contributed by atoms with van der Waals surface area (Å²) in [5.41, 5.74) is 0.313. The van der Waals surface area contributed by atoms with E-state index in [0.29, 0.717) is 17.4 Å². The third-order valence-corrected chi connectivity index (χ3v) is 3.50. The van der Waals surface area contributed by atoms with Crippen LogP contribution in [0.5, 0.6) is 0 Å². The highest BCUT2D eigenvalue weighted by Crippen LogP contribution is 2.37. The molecular formula is C12H23NO. The topological polar surface area (TPSA) is 20.3 Å². The molecule has 0 aromatic rings. The zero-order chi connectivity index (χ0) is 10.9. The van der Waals surface area contributed by atoms with Crippen molar-refractivity contribution in [3.05, 3.63) is 0 Å². The Balaban J connectivity index is 2.76. The minimum absolute atomic E-state index is 0.228. The van der Waals surface area contributed by atoms with Gasteiger partial charge in [0.2, 0.25) is 5.91 Å². The van der Waals surface area contributed by atoms with Crippen molar-refractivity contribution in [2.24, 2.45) is 11.3 Å². The van der Waals surface area contributed by atoms with Crippen LogP contribution in [0.3, 0.4) is 0 Å². The summed E-state index contributed by atoms with van der Waals surface area (Å²) in [6.45, 7) is 11.6. The van der Waals surface area contributed by atoms with Gasteiger partial charge in [0.1, 0.15) is 0 Å². The van der Waals surface area contributed by atoms with Crippen LogP contribution in [0, 0.1) is 11.3 Å². The van der Waals surface area contributed by atoms with Gasteiger partial charge in [0.25, 0.3) is 0 Å². The highest BCUT2D eigenvalue weighted by molar-refractivity contribution is 5.73. The predicted octanol–water partition coefficient (Wildman–Crippen LogP) is 2.68. The average molecular weight is 197 g/mol. The molecular weight excluding hydrogens is 174 g/mol. The zero-order valence-corrected chi connectivity index (χ0v) is 10.1. The van der Waals surface area contributed by atoms with Crippen molar-refractivity contribution in [1.82, 2.24) is 4.90 Å². The molecule has 0 aromatic heterocycles. The van der Waals surface area contributed by atoms with Crippen LogP contribution in [0.25, 0.3) is 0 Å². The lowest BCUT2D eigenvalue weighted by Crippen LogP contribution is -2.49. The van der Waals surface area contributed by atoms with E-state index in [0.717, 1.165) is 13.0 Å². The number of nitrogens with zero attached hydrogens (tertiary/aromatic N) is 1. The van der Waals surface area contributed by atoms with Crippen molar-refractivity contribution in [3.8, 4) is 0 Å². The molecule has 1 fully saturated rings. The van der Waals surface area contributed by atoms with Gasteiger partial charge in [-0.1, -0.05) is 20.8 Å². The van der Waals surface area contributed by atoms with Crippen molar-refractivity contribution in [2.45, 2.75) is 53.5 Å². The van der Waals surface area contributed by atoms with E-state index in [1.165, 1.54) is 6.42 Å². The van der Waals surface area contributed by atoms with Gasteiger partial charge in [-0.05, 0) is 31.1 Å². The van der Waals surface area contributed by atoms with Crippen LogP contribution < -0.4 is 0 Å². The quantitative estimate of drug-likeness (QED) is 0.584. The van der Waals surface area contributed by atoms with Crippen molar-refractivity contribution in [2.75, 3.05) is 6.54 Å². The van der Waals surface area contributed by atoms with E-state index >= 15 is 0 Å². The molecule has 0 aliphatic carbocycles. The highest BCUT2D eigenvalue weighted by Gasteiger charge is 2.36. The Kier molecular flexibility index (Phi) is 3.23. The van der Waals surface area contributed by atoms with Gasteiger partial charge >= 0.3 is 0 Å². The van der Waals surface area contributed by atoms with Crippen LogP contribution in [0.4, 0.5) is 0 Å². The van der Waals surface area contributed by atoms with E-state index in [4.69, 9.17) is 0 Å². The summed E-state index contributed by atoms with van der Waals surface area (Å²) in [6.07, 6.45) is 2.42. The fraction of sp³-hybridized carbons (Fsp3) is 0.917. The molecule has 1 amide bonds. The lowest BCUT2D eigenvalue weighted by atomic mass is 9.72. The first kappa shape index (κ1) is 11.5. The summed E-state index contributed by atoms with van der Waals surface area (Å²) in [6, 6.07) is 0.404. The molecule has 2 nitrogen and oxygen atoms in total. The lowest BCUT2D eigenvalue weighted by molar-refractivity contribution is -0.134. The minimum Gasteiger partial charge on any atom is -0.340 e. The molecule has 0 N–H and O–H groups in total. The first-order chi connectivity index (χ1) is 6.34. The number of amides is 1. The predicted molar refractivity (Wildman–Crippen MR) is 59.0 cm³/mol. The molecule has 82 valence electrons. The van der Waals surface area contributed by atoms with E-state index in [1.807, 2.05) is 4.90 Å². The van der Waals surface area contributed by atoms with Gasteiger partial charge in [-0.2, -0.15) is 0 Å². The van der Waals surface area contributed by atoms with Crippen molar-refractivity contribution >= 4 is 5.91 Å². The van der Waals surface area contributed by atoms with Crippen LogP contribution in [-0.2, 0) is 4.79 Å². The van der Waals surface area contributed by atoms with E-state index in [1.54, 1.807) is 6.92 Å². The van der Waals surface area contributed by atoms with Gasteiger partial charge < -0.3 is 4.90 Å². The molecule has 2 atom stereocenters. The maximum Gasteiger partial charge on any atom is 0.219 e. The first-order valence-corrected chi connectivity index (χ1v) is 5.61. The molecule has 0 bridgehead atoms. The van der Waals surface area contributed by atoms with Gasteiger partial charge in [-0.3, -0.25) is 4.79 Å². The van der Waals surface area contributed by atoms with E-state index in [9.17, 15) is 4.79 Å².